The van der Waals surface area contributed by atoms with E-state index in [-0.39, 0.29) is 47.2 Å². The van der Waals surface area contributed by atoms with Crippen molar-refractivity contribution in [1.29, 1.82) is 5.26 Å². The molecule has 162 valence electrons. The van der Waals surface area contributed by atoms with E-state index in [0.29, 0.717) is 19.4 Å². The number of halogens is 1. The molecule has 1 amide bonds. The van der Waals surface area contributed by atoms with Gasteiger partial charge < -0.3 is 4.90 Å². The lowest BCUT2D eigenvalue weighted by atomic mass is 9.96. The van der Waals surface area contributed by atoms with Crippen LogP contribution in [0.2, 0.25) is 0 Å². The van der Waals surface area contributed by atoms with Gasteiger partial charge in [-0.2, -0.15) is 9.57 Å². The van der Waals surface area contributed by atoms with Crippen molar-refractivity contribution < 1.29 is 17.6 Å². The second kappa shape index (κ2) is 8.77. The number of nitrogens with zero attached hydrogens (tertiary/aromatic N) is 3. The monoisotopic (exact) mass is 441 g/mol. The minimum absolute atomic E-state index is 0.00740. The fourth-order valence-corrected chi connectivity index (χ4v) is 5.72. The Bertz CT molecular complexity index is 1120. The van der Waals surface area contributed by atoms with Gasteiger partial charge in [-0.15, -0.1) is 0 Å². The van der Waals surface area contributed by atoms with Gasteiger partial charge in [0, 0.05) is 31.6 Å². The van der Waals surface area contributed by atoms with Crippen LogP contribution in [-0.4, -0.2) is 42.7 Å². The molecule has 0 atom stereocenters. The van der Waals surface area contributed by atoms with Crippen LogP contribution < -0.4 is 0 Å². The summed E-state index contributed by atoms with van der Waals surface area (Å²) in [6.45, 7) is 0.837. The van der Waals surface area contributed by atoms with E-state index in [2.05, 4.69) is 0 Å². The molecule has 2 aliphatic rings. The van der Waals surface area contributed by atoms with E-state index in [1.807, 2.05) is 17.0 Å². The predicted molar refractivity (Wildman–Crippen MR) is 113 cm³/mol. The lowest BCUT2D eigenvalue weighted by molar-refractivity contribution is -0.138. The number of carbonyl (C=O) groups excluding carboxylic acids is 1. The Morgan fingerprint density at radius 3 is 2.45 bits per heavy atom. The normalized spacial score (nSPS) is 17.8. The molecule has 2 aromatic carbocycles. The van der Waals surface area contributed by atoms with Crippen molar-refractivity contribution in [3.8, 4) is 6.07 Å². The molecule has 1 aliphatic heterocycles. The molecule has 0 bridgehead atoms. The van der Waals surface area contributed by atoms with Gasteiger partial charge in [0.1, 0.15) is 11.9 Å². The smallest absolute Gasteiger partial charge is 0.244 e. The Balaban J connectivity index is 1.44. The molecule has 0 aromatic heterocycles. The zero-order valence-corrected chi connectivity index (χ0v) is 17.9. The molecule has 1 saturated heterocycles. The summed E-state index contributed by atoms with van der Waals surface area (Å²) in [6.07, 6.45) is 2.75. The molecule has 6 nitrogen and oxygen atoms in total. The average molecular weight is 442 g/mol. The first-order valence-electron chi connectivity index (χ1n) is 10.4. The molecule has 2 fully saturated rings. The van der Waals surface area contributed by atoms with Gasteiger partial charge in [0.25, 0.3) is 0 Å². The molecule has 4 rings (SSSR count). The Morgan fingerprint density at radius 2 is 1.81 bits per heavy atom. The summed E-state index contributed by atoms with van der Waals surface area (Å²) in [5, 5.41) is 9.25. The quantitative estimate of drug-likeness (QED) is 0.689. The van der Waals surface area contributed by atoms with E-state index in [1.54, 1.807) is 18.2 Å². The highest BCUT2D eigenvalue weighted by molar-refractivity contribution is 7.89. The first-order chi connectivity index (χ1) is 14.9. The highest BCUT2D eigenvalue weighted by Gasteiger charge is 2.39. The van der Waals surface area contributed by atoms with Crippen LogP contribution in [-0.2, 0) is 21.4 Å². The van der Waals surface area contributed by atoms with Gasteiger partial charge in [0.2, 0.25) is 15.9 Å². The third kappa shape index (κ3) is 4.63. The van der Waals surface area contributed by atoms with Gasteiger partial charge in [0.05, 0.1) is 10.5 Å². The number of hydrogen-bond donors (Lipinski definition) is 0. The van der Waals surface area contributed by atoms with Gasteiger partial charge in [-0.1, -0.05) is 24.3 Å². The summed E-state index contributed by atoms with van der Waals surface area (Å²) >= 11 is 0. The van der Waals surface area contributed by atoms with Gasteiger partial charge in [-0.05, 0) is 55.5 Å². The summed E-state index contributed by atoms with van der Waals surface area (Å²) in [6, 6.07) is 14.6. The molecule has 0 unspecified atom stereocenters. The molecule has 31 heavy (non-hydrogen) atoms. The van der Waals surface area contributed by atoms with Crippen LogP contribution in [0.3, 0.4) is 0 Å². The Labute approximate surface area is 181 Å². The summed E-state index contributed by atoms with van der Waals surface area (Å²) in [5.74, 6) is -0.565. The number of amides is 1. The summed E-state index contributed by atoms with van der Waals surface area (Å²) < 4.78 is 40.9. The maximum absolute atomic E-state index is 13.6. The molecule has 1 aliphatic carbocycles. The van der Waals surface area contributed by atoms with Crippen molar-refractivity contribution in [1.82, 2.24) is 9.21 Å². The molecular formula is C23H24FN3O3S. The Kier molecular flexibility index (Phi) is 6.08. The second-order valence-corrected chi connectivity index (χ2v) is 10.0. The standard InChI is InChI=1S/C23H24FN3O3S/c24-20-6-3-4-17(14-20)16-27(21-8-9-21)23(28)18-10-12-26(13-11-18)31(29,30)22-7-2-1-5-19(22)15-25/h1-7,14,18,21H,8-13,16H2. The number of carbonyl (C=O) groups is 1. The van der Waals surface area contributed by atoms with Crippen LogP contribution in [0.25, 0.3) is 0 Å². The van der Waals surface area contributed by atoms with Crippen LogP contribution >= 0.6 is 0 Å². The lowest BCUT2D eigenvalue weighted by Gasteiger charge is -2.34. The minimum atomic E-state index is -3.79. The van der Waals surface area contributed by atoms with Crippen molar-refractivity contribution in [2.45, 2.75) is 43.2 Å². The molecule has 2 aromatic rings. The third-order valence-electron chi connectivity index (χ3n) is 5.94. The van der Waals surface area contributed by atoms with Crippen molar-refractivity contribution in [2.24, 2.45) is 5.92 Å². The minimum Gasteiger partial charge on any atom is -0.335 e. The Hall–Kier alpha value is -2.76. The zero-order chi connectivity index (χ0) is 22.0. The summed E-state index contributed by atoms with van der Waals surface area (Å²) in [4.78, 5) is 15.1. The largest absolute Gasteiger partial charge is 0.335 e. The van der Waals surface area contributed by atoms with Crippen molar-refractivity contribution in [3.05, 3.63) is 65.5 Å². The van der Waals surface area contributed by atoms with Crippen molar-refractivity contribution in [2.75, 3.05) is 13.1 Å². The zero-order valence-electron chi connectivity index (χ0n) is 17.1. The van der Waals surface area contributed by atoms with E-state index in [1.165, 1.54) is 28.6 Å². The van der Waals surface area contributed by atoms with Gasteiger partial charge in [0.15, 0.2) is 0 Å². The SMILES string of the molecule is N#Cc1ccccc1S(=O)(=O)N1CCC(C(=O)N(Cc2cccc(F)c2)C2CC2)CC1. The number of rotatable bonds is 6. The van der Waals surface area contributed by atoms with E-state index >= 15 is 0 Å². The number of sulfonamides is 1. The maximum atomic E-state index is 13.6. The summed E-state index contributed by atoms with van der Waals surface area (Å²) in [5.41, 5.74) is 0.879. The van der Waals surface area contributed by atoms with Crippen LogP contribution in [0.4, 0.5) is 4.39 Å². The van der Waals surface area contributed by atoms with Gasteiger partial charge in [-0.25, -0.2) is 12.8 Å². The van der Waals surface area contributed by atoms with Crippen LogP contribution in [0.5, 0.6) is 0 Å². The van der Waals surface area contributed by atoms with Gasteiger partial charge in [-0.3, -0.25) is 4.79 Å². The molecular weight excluding hydrogens is 417 g/mol. The maximum Gasteiger partial charge on any atom is 0.244 e. The summed E-state index contributed by atoms with van der Waals surface area (Å²) in [7, 11) is -3.79. The van der Waals surface area contributed by atoms with Crippen LogP contribution in [0, 0.1) is 23.1 Å². The Morgan fingerprint density at radius 1 is 1.10 bits per heavy atom. The number of piperidine rings is 1. The van der Waals surface area contributed by atoms with Crippen molar-refractivity contribution >= 4 is 15.9 Å². The highest BCUT2D eigenvalue weighted by atomic mass is 32.2. The van der Waals surface area contributed by atoms with Gasteiger partial charge >= 0.3 is 0 Å². The lowest BCUT2D eigenvalue weighted by Crippen LogP contribution is -2.45. The fraction of sp³-hybridized carbons (Fsp3) is 0.391. The second-order valence-electron chi connectivity index (χ2n) is 8.11. The van der Waals surface area contributed by atoms with Crippen LogP contribution in [0.1, 0.15) is 36.8 Å². The van der Waals surface area contributed by atoms with E-state index in [4.69, 9.17) is 0 Å². The molecule has 0 radical (unpaired) electrons. The predicted octanol–water partition coefficient (Wildman–Crippen LogP) is 3.29. The molecule has 1 saturated carbocycles. The first kappa shape index (κ1) is 21.5. The molecule has 8 heteroatoms. The first-order valence-corrected chi connectivity index (χ1v) is 11.9. The average Bonchev–Trinajstić information content (AvgIpc) is 3.62. The van der Waals surface area contributed by atoms with Crippen LogP contribution in [0.15, 0.2) is 53.4 Å². The fourth-order valence-electron chi connectivity index (χ4n) is 4.11. The van der Waals surface area contributed by atoms with E-state index in [0.717, 1.165) is 18.4 Å². The number of hydrogen-bond acceptors (Lipinski definition) is 4. The number of nitriles is 1. The highest BCUT2D eigenvalue weighted by Crippen LogP contribution is 2.33. The number of benzene rings is 2. The third-order valence-corrected chi connectivity index (χ3v) is 7.90. The van der Waals surface area contributed by atoms with Crippen molar-refractivity contribution in [3.63, 3.8) is 0 Å². The topological polar surface area (TPSA) is 81.5 Å². The molecule has 0 spiro atoms. The van der Waals surface area contributed by atoms with E-state index < -0.39 is 10.0 Å². The van der Waals surface area contributed by atoms with E-state index in [9.17, 15) is 22.9 Å². The molecule has 1 heterocycles. The molecule has 0 N–H and O–H groups in total.